The SMILES string of the molecule is Cc1cnc(CNC(=O)c2ccc(N3CCN(C)CC3)cc2)[nH]1. The van der Waals surface area contributed by atoms with Crippen molar-refractivity contribution < 1.29 is 4.79 Å². The number of carbonyl (C=O) groups excluding carboxylic acids is 1. The number of rotatable bonds is 4. The van der Waals surface area contributed by atoms with Crippen molar-refractivity contribution in [2.45, 2.75) is 13.5 Å². The maximum Gasteiger partial charge on any atom is 0.251 e. The predicted octanol–water partition coefficient (Wildman–Crippen LogP) is 1.40. The molecule has 0 aliphatic carbocycles. The van der Waals surface area contributed by atoms with Gasteiger partial charge in [0.05, 0.1) is 6.54 Å². The van der Waals surface area contributed by atoms with Gasteiger partial charge in [0.25, 0.3) is 5.91 Å². The maximum atomic E-state index is 12.2. The number of nitrogens with zero attached hydrogens (tertiary/aromatic N) is 3. The van der Waals surface area contributed by atoms with E-state index in [1.165, 1.54) is 5.69 Å². The second kappa shape index (κ2) is 6.83. The maximum absolute atomic E-state index is 12.2. The van der Waals surface area contributed by atoms with Gasteiger partial charge in [0.2, 0.25) is 0 Å². The summed E-state index contributed by atoms with van der Waals surface area (Å²) in [5, 5.41) is 2.88. The summed E-state index contributed by atoms with van der Waals surface area (Å²) in [6, 6.07) is 7.82. The molecule has 23 heavy (non-hydrogen) atoms. The molecular weight excluding hydrogens is 290 g/mol. The van der Waals surface area contributed by atoms with Crippen molar-refractivity contribution in [3.05, 3.63) is 47.5 Å². The molecule has 122 valence electrons. The van der Waals surface area contributed by atoms with Crippen LogP contribution in [0.2, 0.25) is 0 Å². The molecule has 0 atom stereocenters. The molecular formula is C17H23N5O. The van der Waals surface area contributed by atoms with E-state index in [2.05, 4.69) is 32.1 Å². The van der Waals surface area contributed by atoms with E-state index >= 15 is 0 Å². The average molecular weight is 313 g/mol. The number of anilines is 1. The van der Waals surface area contributed by atoms with Gasteiger partial charge in [-0.3, -0.25) is 4.79 Å². The number of piperazine rings is 1. The Morgan fingerprint density at radius 1 is 1.22 bits per heavy atom. The lowest BCUT2D eigenvalue weighted by atomic mass is 10.1. The number of amides is 1. The van der Waals surface area contributed by atoms with Crippen LogP contribution in [0, 0.1) is 6.92 Å². The average Bonchev–Trinajstić information content (AvgIpc) is 2.99. The van der Waals surface area contributed by atoms with E-state index in [0.29, 0.717) is 12.1 Å². The summed E-state index contributed by atoms with van der Waals surface area (Å²) in [6.45, 7) is 6.55. The number of benzene rings is 1. The van der Waals surface area contributed by atoms with E-state index in [0.717, 1.165) is 37.7 Å². The molecule has 3 rings (SSSR count). The van der Waals surface area contributed by atoms with Gasteiger partial charge in [-0.25, -0.2) is 4.98 Å². The van der Waals surface area contributed by atoms with Gasteiger partial charge in [0.1, 0.15) is 5.82 Å². The van der Waals surface area contributed by atoms with Crippen LogP contribution in [0.5, 0.6) is 0 Å². The van der Waals surface area contributed by atoms with Crippen molar-refractivity contribution in [3.63, 3.8) is 0 Å². The van der Waals surface area contributed by atoms with Crippen LogP contribution in [0.1, 0.15) is 21.9 Å². The molecule has 1 aliphatic rings. The van der Waals surface area contributed by atoms with Crippen LogP contribution in [0.15, 0.2) is 30.5 Å². The van der Waals surface area contributed by atoms with Crippen LogP contribution in [0.25, 0.3) is 0 Å². The standard InChI is InChI=1S/C17H23N5O/c1-13-11-18-16(20-13)12-19-17(23)14-3-5-15(6-4-14)22-9-7-21(2)8-10-22/h3-6,11H,7-10,12H2,1-2H3,(H,18,20)(H,19,23). The molecule has 6 heteroatoms. The Kier molecular flexibility index (Phi) is 4.62. The topological polar surface area (TPSA) is 64.3 Å². The van der Waals surface area contributed by atoms with Gasteiger partial charge in [0, 0.05) is 49.3 Å². The number of aromatic nitrogens is 2. The lowest BCUT2D eigenvalue weighted by molar-refractivity contribution is 0.0950. The Labute approximate surface area is 136 Å². The Hall–Kier alpha value is -2.34. The molecule has 0 spiro atoms. The van der Waals surface area contributed by atoms with E-state index in [1.54, 1.807) is 6.20 Å². The summed E-state index contributed by atoms with van der Waals surface area (Å²) in [4.78, 5) is 24.1. The minimum absolute atomic E-state index is 0.0796. The number of H-pyrrole nitrogens is 1. The highest BCUT2D eigenvalue weighted by molar-refractivity contribution is 5.94. The molecule has 0 radical (unpaired) electrons. The zero-order valence-electron chi connectivity index (χ0n) is 13.7. The largest absolute Gasteiger partial charge is 0.369 e. The summed E-state index contributed by atoms with van der Waals surface area (Å²) in [5.74, 6) is 0.689. The van der Waals surface area contributed by atoms with E-state index in [9.17, 15) is 4.79 Å². The van der Waals surface area contributed by atoms with Crippen molar-refractivity contribution in [2.24, 2.45) is 0 Å². The summed E-state index contributed by atoms with van der Waals surface area (Å²) in [6.07, 6.45) is 1.76. The molecule has 1 saturated heterocycles. The fraction of sp³-hybridized carbons (Fsp3) is 0.412. The third-order valence-corrected chi connectivity index (χ3v) is 4.17. The minimum Gasteiger partial charge on any atom is -0.369 e. The highest BCUT2D eigenvalue weighted by Gasteiger charge is 2.14. The number of aromatic amines is 1. The Morgan fingerprint density at radius 3 is 2.52 bits per heavy atom. The van der Waals surface area contributed by atoms with Gasteiger partial charge < -0.3 is 20.1 Å². The third-order valence-electron chi connectivity index (χ3n) is 4.17. The molecule has 6 nitrogen and oxygen atoms in total. The molecule has 2 heterocycles. The summed E-state index contributed by atoms with van der Waals surface area (Å²) < 4.78 is 0. The Bertz CT molecular complexity index is 656. The van der Waals surface area contributed by atoms with Crippen molar-refractivity contribution >= 4 is 11.6 Å². The van der Waals surface area contributed by atoms with Gasteiger partial charge in [-0.05, 0) is 38.2 Å². The van der Waals surface area contributed by atoms with Crippen LogP contribution in [-0.2, 0) is 6.54 Å². The minimum atomic E-state index is -0.0796. The van der Waals surface area contributed by atoms with Gasteiger partial charge in [0.15, 0.2) is 0 Å². The molecule has 2 aromatic rings. The lowest BCUT2D eigenvalue weighted by Gasteiger charge is -2.34. The molecule has 1 aliphatic heterocycles. The van der Waals surface area contributed by atoms with Gasteiger partial charge in [-0.15, -0.1) is 0 Å². The highest BCUT2D eigenvalue weighted by atomic mass is 16.1. The highest BCUT2D eigenvalue weighted by Crippen LogP contribution is 2.17. The number of hydrogen-bond donors (Lipinski definition) is 2. The van der Waals surface area contributed by atoms with Crippen molar-refractivity contribution in [1.82, 2.24) is 20.2 Å². The second-order valence-corrected chi connectivity index (χ2v) is 6.03. The van der Waals surface area contributed by atoms with E-state index in [1.807, 2.05) is 31.2 Å². The Balaban J connectivity index is 1.57. The van der Waals surface area contributed by atoms with Crippen molar-refractivity contribution in [3.8, 4) is 0 Å². The monoisotopic (exact) mass is 313 g/mol. The van der Waals surface area contributed by atoms with Crippen LogP contribution >= 0.6 is 0 Å². The van der Waals surface area contributed by atoms with Crippen LogP contribution < -0.4 is 10.2 Å². The van der Waals surface area contributed by atoms with Crippen LogP contribution in [0.4, 0.5) is 5.69 Å². The van der Waals surface area contributed by atoms with E-state index < -0.39 is 0 Å². The number of hydrogen-bond acceptors (Lipinski definition) is 4. The molecule has 2 N–H and O–H groups in total. The first-order valence-electron chi connectivity index (χ1n) is 7.94. The van der Waals surface area contributed by atoms with Crippen molar-refractivity contribution in [1.29, 1.82) is 0 Å². The molecule has 1 fully saturated rings. The fourth-order valence-corrected chi connectivity index (χ4v) is 2.71. The van der Waals surface area contributed by atoms with Crippen LogP contribution in [0.3, 0.4) is 0 Å². The summed E-state index contributed by atoms with van der Waals surface area (Å²) >= 11 is 0. The predicted molar refractivity (Wildman–Crippen MR) is 90.6 cm³/mol. The third kappa shape index (κ3) is 3.90. The number of aryl methyl sites for hydroxylation is 1. The quantitative estimate of drug-likeness (QED) is 0.895. The zero-order chi connectivity index (χ0) is 16.2. The first-order chi connectivity index (χ1) is 11.1. The second-order valence-electron chi connectivity index (χ2n) is 6.03. The first-order valence-corrected chi connectivity index (χ1v) is 7.94. The fourth-order valence-electron chi connectivity index (χ4n) is 2.71. The number of imidazole rings is 1. The molecule has 0 unspecified atom stereocenters. The molecule has 1 aromatic heterocycles. The van der Waals surface area contributed by atoms with Crippen LogP contribution in [-0.4, -0.2) is 54.0 Å². The lowest BCUT2D eigenvalue weighted by Crippen LogP contribution is -2.44. The van der Waals surface area contributed by atoms with E-state index in [4.69, 9.17) is 0 Å². The summed E-state index contributed by atoms with van der Waals surface area (Å²) in [7, 11) is 2.14. The number of nitrogens with one attached hydrogen (secondary N) is 2. The summed E-state index contributed by atoms with van der Waals surface area (Å²) in [5.41, 5.74) is 2.84. The molecule has 1 aromatic carbocycles. The smallest absolute Gasteiger partial charge is 0.251 e. The molecule has 1 amide bonds. The zero-order valence-corrected chi connectivity index (χ0v) is 13.7. The van der Waals surface area contributed by atoms with Gasteiger partial charge in [-0.1, -0.05) is 0 Å². The number of likely N-dealkylation sites (N-methyl/N-ethyl adjacent to an activating group) is 1. The van der Waals surface area contributed by atoms with Gasteiger partial charge >= 0.3 is 0 Å². The number of carbonyl (C=O) groups is 1. The normalized spacial score (nSPS) is 15.7. The molecule has 0 bridgehead atoms. The first kappa shape index (κ1) is 15.6. The van der Waals surface area contributed by atoms with E-state index in [-0.39, 0.29) is 5.91 Å². The van der Waals surface area contributed by atoms with Gasteiger partial charge in [-0.2, -0.15) is 0 Å². The molecule has 0 saturated carbocycles. The van der Waals surface area contributed by atoms with Crippen molar-refractivity contribution in [2.75, 3.05) is 38.1 Å². The Morgan fingerprint density at radius 2 is 1.91 bits per heavy atom.